The highest BCUT2D eigenvalue weighted by molar-refractivity contribution is 7.86. The highest BCUT2D eigenvalue weighted by atomic mass is 32.2. The molecule has 7 heteroatoms. The first kappa shape index (κ1) is 16.9. The van der Waals surface area contributed by atoms with Gasteiger partial charge in [-0.1, -0.05) is 30.3 Å². The smallest absolute Gasteiger partial charge is 0.282 e. The van der Waals surface area contributed by atoms with Gasteiger partial charge < -0.3 is 9.84 Å². The third-order valence-corrected chi connectivity index (χ3v) is 7.03. The molecule has 3 rings (SSSR count). The van der Waals surface area contributed by atoms with Crippen LogP contribution in [-0.2, 0) is 20.4 Å². The maximum absolute atomic E-state index is 12.7. The Morgan fingerprint density at radius 3 is 2.13 bits per heavy atom. The van der Waals surface area contributed by atoms with Crippen LogP contribution in [0.1, 0.15) is 18.4 Å². The summed E-state index contributed by atoms with van der Waals surface area (Å²) in [5.74, 6) is 0. The molecule has 128 valence electrons. The van der Waals surface area contributed by atoms with Gasteiger partial charge in [0.2, 0.25) is 0 Å². The van der Waals surface area contributed by atoms with Crippen LogP contribution in [0.3, 0.4) is 0 Å². The van der Waals surface area contributed by atoms with E-state index in [1.54, 1.807) is 4.31 Å². The Labute approximate surface area is 137 Å². The molecule has 0 bridgehead atoms. The van der Waals surface area contributed by atoms with Crippen LogP contribution in [0.2, 0.25) is 0 Å². The summed E-state index contributed by atoms with van der Waals surface area (Å²) in [6, 6.07) is 9.91. The van der Waals surface area contributed by atoms with Crippen molar-refractivity contribution < 1.29 is 18.3 Å². The Morgan fingerprint density at radius 1 is 1.00 bits per heavy atom. The molecule has 2 aliphatic rings. The highest BCUT2D eigenvalue weighted by Gasteiger charge is 2.40. The van der Waals surface area contributed by atoms with Gasteiger partial charge in [-0.15, -0.1) is 0 Å². The van der Waals surface area contributed by atoms with Gasteiger partial charge in [-0.25, -0.2) is 0 Å². The van der Waals surface area contributed by atoms with Crippen LogP contribution in [-0.4, -0.2) is 68.1 Å². The Kier molecular flexibility index (Phi) is 5.03. The van der Waals surface area contributed by atoms with E-state index in [2.05, 4.69) is 0 Å². The minimum atomic E-state index is -3.42. The summed E-state index contributed by atoms with van der Waals surface area (Å²) in [6.45, 7) is 2.67. The summed E-state index contributed by atoms with van der Waals surface area (Å²) < 4.78 is 33.7. The zero-order valence-electron chi connectivity index (χ0n) is 13.2. The maximum Gasteiger partial charge on any atom is 0.282 e. The number of morpholine rings is 1. The van der Waals surface area contributed by atoms with Crippen molar-refractivity contribution in [3.05, 3.63) is 35.9 Å². The molecule has 1 aromatic rings. The van der Waals surface area contributed by atoms with E-state index in [4.69, 9.17) is 4.74 Å². The average molecular weight is 340 g/mol. The Morgan fingerprint density at radius 2 is 1.57 bits per heavy atom. The molecule has 0 radical (unpaired) electrons. The zero-order chi connectivity index (χ0) is 16.3. The summed E-state index contributed by atoms with van der Waals surface area (Å²) >= 11 is 0. The third kappa shape index (κ3) is 3.29. The van der Waals surface area contributed by atoms with E-state index >= 15 is 0 Å². The number of nitrogens with zero attached hydrogens (tertiary/aromatic N) is 2. The number of piperidine rings is 1. The molecule has 1 aromatic carbocycles. The van der Waals surface area contributed by atoms with Crippen molar-refractivity contribution in [3.63, 3.8) is 0 Å². The van der Waals surface area contributed by atoms with Gasteiger partial charge in [-0.2, -0.15) is 17.0 Å². The summed E-state index contributed by atoms with van der Waals surface area (Å²) in [6.07, 6.45) is 1.27. The molecule has 1 N–H and O–H groups in total. The van der Waals surface area contributed by atoms with Gasteiger partial charge in [0.25, 0.3) is 10.2 Å². The second-order valence-electron chi connectivity index (χ2n) is 6.22. The molecule has 2 heterocycles. The molecular weight excluding hydrogens is 316 g/mol. The number of rotatable bonds is 4. The number of aliphatic hydroxyl groups excluding tert-OH is 1. The fourth-order valence-corrected chi connectivity index (χ4v) is 5.00. The number of hydrogen-bond donors (Lipinski definition) is 1. The molecule has 6 nitrogen and oxygen atoms in total. The molecule has 0 aromatic heterocycles. The minimum Gasteiger partial charge on any atom is -0.395 e. The maximum atomic E-state index is 12.7. The number of ether oxygens (including phenoxy) is 1. The van der Waals surface area contributed by atoms with Crippen molar-refractivity contribution in [1.29, 1.82) is 0 Å². The number of aliphatic hydroxyl groups is 1. The van der Waals surface area contributed by atoms with Gasteiger partial charge in [-0.3, -0.25) is 0 Å². The lowest BCUT2D eigenvalue weighted by Crippen LogP contribution is -2.53. The van der Waals surface area contributed by atoms with Gasteiger partial charge in [-0.05, 0) is 18.4 Å². The van der Waals surface area contributed by atoms with E-state index < -0.39 is 10.2 Å². The van der Waals surface area contributed by atoms with Crippen molar-refractivity contribution in [2.45, 2.75) is 18.3 Å². The van der Waals surface area contributed by atoms with Crippen LogP contribution in [0.15, 0.2) is 30.3 Å². The molecule has 0 aliphatic carbocycles. The monoisotopic (exact) mass is 340 g/mol. The number of hydrogen-bond acceptors (Lipinski definition) is 4. The predicted octanol–water partition coefficient (Wildman–Crippen LogP) is 0.590. The van der Waals surface area contributed by atoms with Gasteiger partial charge in [0.05, 0.1) is 19.8 Å². The highest BCUT2D eigenvalue weighted by Crippen LogP contribution is 2.36. The normalized spacial score (nSPS) is 23.7. The largest absolute Gasteiger partial charge is 0.395 e. The Balaban J connectivity index is 1.72. The Bertz CT molecular complexity index is 606. The third-order valence-electron chi connectivity index (χ3n) is 4.99. The zero-order valence-corrected chi connectivity index (χ0v) is 14.0. The SMILES string of the molecule is O=S(=O)(N1CCOCC1)N1CCC(CO)(c2ccccc2)CC1. The lowest BCUT2D eigenvalue weighted by molar-refractivity contribution is 0.0677. The van der Waals surface area contributed by atoms with Crippen molar-refractivity contribution in [3.8, 4) is 0 Å². The quantitative estimate of drug-likeness (QED) is 0.871. The van der Waals surface area contributed by atoms with Crippen molar-refractivity contribution in [2.24, 2.45) is 0 Å². The first-order valence-electron chi connectivity index (χ1n) is 8.08. The lowest BCUT2D eigenvalue weighted by Gasteiger charge is -2.42. The number of benzene rings is 1. The van der Waals surface area contributed by atoms with Crippen molar-refractivity contribution in [1.82, 2.24) is 8.61 Å². The van der Waals surface area contributed by atoms with Crippen LogP contribution in [0.4, 0.5) is 0 Å². The van der Waals surface area contributed by atoms with E-state index in [1.807, 2.05) is 30.3 Å². The molecule has 0 amide bonds. The predicted molar refractivity (Wildman–Crippen MR) is 87.3 cm³/mol. The molecular formula is C16H24N2O4S. The average Bonchev–Trinajstić information content (AvgIpc) is 2.63. The topological polar surface area (TPSA) is 70.1 Å². The van der Waals surface area contributed by atoms with E-state index in [0.29, 0.717) is 52.2 Å². The van der Waals surface area contributed by atoms with Gasteiger partial charge >= 0.3 is 0 Å². The van der Waals surface area contributed by atoms with Crippen LogP contribution >= 0.6 is 0 Å². The van der Waals surface area contributed by atoms with Gasteiger partial charge in [0.1, 0.15) is 0 Å². The molecule has 2 saturated heterocycles. The second-order valence-corrected chi connectivity index (χ2v) is 8.15. The summed E-state index contributed by atoms with van der Waals surface area (Å²) in [7, 11) is -3.42. The van der Waals surface area contributed by atoms with Crippen LogP contribution in [0.25, 0.3) is 0 Å². The molecule has 0 unspecified atom stereocenters. The molecule has 0 saturated carbocycles. The van der Waals surface area contributed by atoms with E-state index in [1.165, 1.54) is 4.31 Å². The summed E-state index contributed by atoms with van der Waals surface area (Å²) in [5.41, 5.74) is 0.754. The second kappa shape index (κ2) is 6.86. The fourth-order valence-electron chi connectivity index (χ4n) is 3.42. The van der Waals surface area contributed by atoms with Crippen LogP contribution < -0.4 is 0 Å². The summed E-state index contributed by atoms with van der Waals surface area (Å²) in [4.78, 5) is 0. The van der Waals surface area contributed by atoms with Gasteiger partial charge in [0, 0.05) is 31.6 Å². The van der Waals surface area contributed by atoms with Crippen LogP contribution in [0, 0.1) is 0 Å². The first-order chi connectivity index (χ1) is 11.1. The lowest BCUT2D eigenvalue weighted by atomic mass is 9.74. The van der Waals surface area contributed by atoms with E-state index in [-0.39, 0.29) is 12.0 Å². The molecule has 23 heavy (non-hydrogen) atoms. The van der Waals surface area contributed by atoms with E-state index in [0.717, 1.165) is 5.56 Å². The van der Waals surface area contributed by atoms with Crippen LogP contribution in [0.5, 0.6) is 0 Å². The van der Waals surface area contributed by atoms with E-state index in [9.17, 15) is 13.5 Å². The Hall–Kier alpha value is -0.990. The summed E-state index contributed by atoms with van der Waals surface area (Å²) in [5, 5.41) is 9.94. The first-order valence-corrected chi connectivity index (χ1v) is 9.48. The minimum absolute atomic E-state index is 0.0441. The molecule has 0 atom stereocenters. The molecule has 2 fully saturated rings. The van der Waals surface area contributed by atoms with Crippen molar-refractivity contribution in [2.75, 3.05) is 46.0 Å². The fraction of sp³-hybridized carbons (Fsp3) is 0.625. The molecule has 0 spiro atoms. The standard InChI is InChI=1S/C16H24N2O4S/c19-14-16(15-4-2-1-3-5-15)6-8-17(9-7-16)23(20,21)18-10-12-22-13-11-18/h1-5,19H,6-14H2. The van der Waals surface area contributed by atoms with Crippen molar-refractivity contribution >= 4 is 10.2 Å². The molecule has 2 aliphatic heterocycles. The van der Waals surface area contributed by atoms with Gasteiger partial charge in [0.15, 0.2) is 0 Å².